The van der Waals surface area contributed by atoms with Crippen LogP contribution in [0.3, 0.4) is 0 Å². The molecule has 8 heteroatoms. The van der Waals surface area contributed by atoms with Gasteiger partial charge in [0.15, 0.2) is 11.9 Å². The van der Waals surface area contributed by atoms with Gasteiger partial charge in [0.25, 0.3) is 0 Å². The number of aryl methyl sites for hydroxylation is 2. The summed E-state index contributed by atoms with van der Waals surface area (Å²) in [4.78, 5) is 19.0. The van der Waals surface area contributed by atoms with Gasteiger partial charge in [-0.25, -0.2) is 4.98 Å². The van der Waals surface area contributed by atoms with Gasteiger partial charge in [0.2, 0.25) is 16.7 Å². The normalized spacial score (nSPS) is 21.1. The van der Waals surface area contributed by atoms with Gasteiger partial charge >= 0.3 is 0 Å². The van der Waals surface area contributed by atoms with Gasteiger partial charge in [0.05, 0.1) is 13.1 Å². The van der Waals surface area contributed by atoms with Crippen molar-refractivity contribution in [3.05, 3.63) is 46.1 Å². The highest BCUT2D eigenvalue weighted by atomic mass is 32.1. The summed E-state index contributed by atoms with van der Waals surface area (Å²) in [5.41, 5.74) is 7.86. The minimum atomic E-state index is -0.209. The fourth-order valence-electron chi connectivity index (χ4n) is 4.02. The molecule has 0 radical (unpaired) electrons. The molecule has 1 aliphatic rings. The number of rotatable bonds is 5. The Bertz CT molecular complexity index is 986. The third-order valence-electron chi connectivity index (χ3n) is 5.67. The van der Waals surface area contributed by atoms with E-state index in [4.69, 9.17) is 5.73 Å². The molecule has 1 aromatic carbocycles. The Kier molecular flexibility index (Phi) is 5.07. The third kappa shape index (κ3) is 3.38. The predicted octanol–water partition coefficient (Wildman–Crippen LogP) is 1.24. The summed E-state index contributed by atoms with van der Waals surface area (Å²) in [6.07, 6.45) is 2.28. The number of amides is 1. The van der Waals surface area contributed by atoms with Crippen LogP contribution >= 0.6 is 11.3 Å². The number of hydrogen-bond donors (Lipinski definition) is 3. The Morgan fingerprint density at radius 1 is 1.36 bits per heavy atom. The molecule has 28 heavy (non-hydrogen) atoms. The number of nitrogens with one attached hydrogen (secondary N) is 1. The lowest BCUT2D eigenvalue weighted by Gasteiger charge is -2.33. The highest BCUT2D eigenvalue weighted by Crippen LogP contribution is 2.35. The summed E-state index contributed by atoms with van der Waals surface area (Å²) in [6.45, 7) is 5.73. The van der Waals surface area contributed by atoms with Gasteiger partial charge in [-0.1, -0.05) is 48.1 Å². The van der Waals surface area contributed by atoms with Gasteiger partial charge < -0.3 is 15.7 Å². The van der Waals surface area contributed by atoms with E-state index in [1.165, 1.54) is 21.8 Å². The van der Waals surface area contributed by atoms with Crippen LogP contribution in [0.4, 0.5) is 0 Å². The molecule has 4 rings (SSSR count). The Balaban J connectivity index is 1.73. The molecule has 0 bridgehead atoms. The van der Waals surface area contributed by atoms with Crippen LogP contribution in [-0.4, -0.2) is 38.7 Å². The van der Waals surface area contributed by atoms with Gasteiger partial charge in [-0.15, -0.1) is 5.10 Å². The number of likely N-dealkylation sites (tertiary alicyclic amines) is 1. The van der Waals surface area contributed by atoms with E-state index in [1.54, 1.807) is 4.52 Å². The number of thiazole rings is 1. The van der Waals surface area contributed by atoms with Crippen LogP contribution < -0.4 is 10.6 Å². The third-order valence-corrected chi connectivity index (χ3v) is 6.76. The van der Waals surface area contributed by atoms with Crippen molar-refractivity contribution >= 4 is 22.2 Å². The first-order valence-corrected chi connectivity index (χ1v) is 10.6. The lowest BCUT2D eigenvalue weighted by Crippen LogP contribution is -3.13. The van der Waals surface area contributed by atoms with Crippen LogP contribution in [0.15, 0.2) is 24.3 Å². The molecule has 4 N–H and O–H groups in total. The molecule has 3 aromatic rings. The molecule has 3 heterocycles. The smallest absolute Gasteiger partial charge is 0.235 e. The van der Waals surface area contributed by atoms with E-state index in [2.05, 4.69) is 41.3 Å². The van der Waals surface area contributed by atoms with Gasteiger partial charge in [-0.05, 0) is 6.92 Å². The molecule has 1 amide bonds. The maximum absolute atomic E-state index is 11.6. The lowest BCUT2D eigenvalue weighted by atomic mass is 9.93. The molecule has 0 aliphatic carbocycles. The Hall–Kier alpha value is -2.45. The molecule has 2 aromatic heterocycles. The highest BCUT2D eigenvalue weighted by molar-refractivity contribution is 7.17. The minimum absolute atomic E-state index is 0.0204. The number of hydrogen-bond acceptors (Lipinski definition) is 5. The van der Waals surface area contributed by atoms with Gasteiger partial charge in [-0.3, -0.25) is 4.79 Å². The number of aromatic nitrogens is 3. The molecular formula is C20H26N5O2S+. The van der Waals surface area contributed by atoms with E-state index in [1.807, 2.05) is 6.92 Å². The number of aromatic hydroxyl groups is 1. The van der Waals surface area contributed by atoms with E-state index in [0.717, 1.165) is 48.6 Å². The quantitative estimate of drug-likeness (QED) is 0.600. The number of benzene rings is 1. The zero-order valence-corrected chi connectivity index (χ0v) is 17.0. The first kappa shape index (κ1) is 18.9. The Morgan fingerprint density at radius 3 is 2.61 bits per heavy atom. The maximum atomic E-state index is 11.6. The van der Waals surface area contributed by atoms with Crippen LogP contribution in [0.5, 0.6) is 5.88 Å². The molecule has 1 fully saturated rings. The van der Waals surface area contributed by atoms with E-state index in [0.29, 0.717) is 4.96 Å². The number of carbonyl (C=O) groups is 1. The Labute approximate surface area is 167 Å². The van der Waals surface area contributed by atoms with E-state index in [-0.39, 0.29) is 23.7 Å². The van der Waals surface area contributed by atoms with Crippen molar-refractivity contribution in [2.75, 3.05) is 13.1 Å². The van der Waals surface area contributed by atoms with Crippen LogP contribution in [0, 0.1) is 12.8 Å². The van der Waals surface area contributed by atoms with Crippen molar-refractivity contribution in [1.82, 2.24) is 14.6 Å². The average molecular weight is 401 g/mol. The van der Waals surface area contributed by atoms with Crippen molar-refractivity contribution in [2.45, 2.75) is 39.2 Å². The fourth-order valence-corrected chi connectivity index (χ4v) is 5.18. The predicted molar refractivity (Wildman–Crippen MR) is 108 cm³/mol. The minimum Gasteiger partial charge on any atom is -0.492 e. The zero-order chi connectivity index (χ0) is 19.8. The van der Waals surface area contributed by atoms with E-state index in [9.17, 15) is 9.90 Å². The number of fused-ring (bicyclic) bond motifs is 1. The van der Waals surface area contributed by atoms with Crippen LogP contribution in [0.25, 0.3) is 4.96 Å². The number of piperidine rings is 1. The summed E-state index contributed by atoms with van der Waals surface area (Å²) in [5, 5.41) is 15.4. The van der Waals surface area contributed by atoms with Gasteiger partial charge in [0.1, 0.15) is 4.88 Å². The van der Waals surface area contributed by atoms with Gasteiger partial charge in [-0.2, -0.15) is 4.52 Å². The summed E-state index contributed by atoms with van der Waals surface area (Å²) >= 11 is 1.49. The van der Waals surface area contributed by atoms with Crippen molar-refractivity contribution in [1.29, 1.82) is 0 Å². The van der Waals surface area contributed by atoms with E-state index < -0.39 is 0 Å². The van der Waals surface area contributed by atoms with E-state index >= 15 is 0 Å². The average Bonchev–Trinajstić information content (AvgIpc) is 3.23. The summed E-state index contributed by atoms with van der Waals surface area (Å²) in [7, 11) is 0. The molecule has 1 aliphatic heterocycles. The van der Waals surface area contributed by atoms with Crippen LogP contribution in [0.1, 0.15) is 47.6 Å². The number of primary amides is 1. The number of carbonyl (C=O) groups excluding carboxylic acids is 1. The first-order valence-electron chi connectivity index (χ1n) is 9.75. The SMILES string of the molecule is CCc1nc2sc([C@@H](c3ccc(C)cc3)[NH+]3CCC(C(N)=O)CC3)c(O)n2n1. The molecular weight excluding hydrogens is 374 g/mol. The second kappa shape index (κ2) is 7.52. The zero-order valence-electron chi connectivity index (χ0n) is 16.2. The first-order chi connectivity index (χ1) is 13.5. The summed E-state index contributed by atoms with van der Waals surface area (Å²) in [6, 6.07) is 8.43. The van der Waals surface area contributed by atoms with Crippen LogP contribution in [0.2, 0.25) is 0 Å². The van der Waals surface area contributed by atoms with Gasteiger partial charge in [0, 0.05) is 30.7 Å². The van der Waals surface area contributed by atoms with Crippen molar-refractivity contribution < 1.29 is 14.8 Å². The molecule has 0 spiro atoms. The van der Waals surface area contributed by atoms with Crippen molar-refractivity contribution in [2.24, 2.45) is 11.7 Å². The molecule has 1 atom stereocenters. The van der Waals surface area contributed by atoms with Crippen LogP contribution in [-0.2, 0) is 11.2 Å². The molecule has 1 saturated heterocycles. The largest absolute Gasteiger partial charge is 0.492 e. The summed E-state index contributed by atoms with van der Waals surface area (Å²) < 4.78 is 1.55. The van der Waals surface area contributed by atoms with Crippen molar-refractivity contribution in [3.63, 3.8) is 0 Å². The molecule has 0 saturated carbocycles. The second-order valence-corrected chi connectivity index (χ2v) is 8.55. The molecule has 0 unspecified atom stereocenters. The standard InChI is InChI=1S/C20H25N5O2S/c1-3-15-22-20-25(23-15)19(27)17(28-20)16(13-6-4-12(2)5-7-13)24-10-8-14(9-11-24)18(21)26/h4-7,14,16,27H,3,8-11H2,1-2H3,(H2,21,26)/p+1/t16-/m1/s1. The molecule has 7 nitrogen and oxygen atoms in total. The molecule has 148 valence electrons. The number of nitrogens with two attached hydrogens (primary N) is 1. The Morgan fingerprint density at radius 2 is 2.04 bits per heavy atom. The lowest BCUT2D eigenvalue weighted by molar-refractivity contribution is -0.930. The maximum Gasteiger partial charge on any atom is 0.235 e. The fraction of sp³-hybridized carbons (Fsp3) is 0.450. The monoisotopic (exact) mass is 400 g/mol. The highest BCUT2D eigenvalue weighted by Gasteiger charge is 2.36. The second-order valence-electron chi connectivity index (χ2n) is 7.54. The number of nitrogens with zero attached hydrogens (tertiary/aromatic N) is 3. The van der Waals surface area contributed by atoms with Crippen molar-refractivity contribution in [3.8, 4) is 5.88 Å². The summed E-state index contributed by atoms with van der Waals surface area (Å²) in [5.74, 6) is 0.641. The number of quaternary nitrogens is 1. The topological polar surface area (TPSA) is 98.0 Å².